The van der Waals surface area contributed by atoms with Gasteiger partial charge in [-0.1, -0.05) is 24.6 Å². The minimum absolute atomic E-state index is 0.745. The van der Waals surface area contributed by atoms with Crippen LogP contribution >= 0.6 is 12.2 Å². The smallest absolute Gasteiger partial charge is 0.173 e. The lowest BCUT2D eigenvalue weighted by Crippen LogP contribution is -3.16. The van der Waals surface area contributed by atoms with E-state index in [4.69, 9.17) is 12.2 Å². The molecule has 2 atom stereocenters. The van der Waals surface area contributed by atoms with Crippen LogP contribution in [0, 0.1) is 6.92 Å². The van der Waals surface area contributed by atoms with Crippen molar-refractivity contribution in [3.63, 3.8) is 0 Å². The third-order valence-corrected chi connectivity index (χ3v) is 5.48. The first kappa shape index (κ1) is 17.2. The Kier molecular flexibility index (Phi) is 6.21. The maximum atomic E-state index is 5.58. The SMILES string of the molecule is CCC(C)[NH+](C)C1CCN(C(=S)Nc2ccc(C)cc2)CC1. The summed E-state index contributed by atoms with van der Waals surface area (Å²) in [5, 5.41) is 4.23. The molecule has 0 spiro atoms. The highest BCUT2D eigenvalue weighted by Crippen LogP contribution is 2.13. The van der Waals surface area contributed by atoms with E-state index < -0.39 is 0 Å². The van der Waals surface area contributed by atoms with E-state index in [0.717, 1.165) is 36.0 Å². The number of anilines is 1. The molecule has 122 valence electrons. The van der Waals surface area contributed by atoms with Crippen molar-refractivity contribution < 1.29 is 4.90 Å². The average Bonchev–Trinajstić information content (AvgIpc) is 2.55. The molecule has 0 aliphatic carbocycles. The van der Waals surface area contributed by atoms with Crippen molar-refractivity contribution in [2.75, 3.05) is 25.5 Å². The first-order valence-corrected chi connectivity index (χ1v) is 8.88. The van der Waals surface area contributed by atoms with Gasteiger partial charge in [0, 0.05) is 31.6 Å². The third kappa shape index (κ3) is 4.43. The topological polar surface area (TPSA) is 19.7 Å². The summed E-state index contributed by atoms with van der Waals surface area (Å²) in [5.41, 5.74) is 2.36. The fourth-order valence-corrected chi connectivity index (χ4v) is 3.40. The Balaban J connectivity index is 1.83. The van der Waals surface area contributed by atoms with Gasteiger partial charge in [-0.25, -0.2) is 0 Å². The molecule has 4 heteroatoms. The van der Waals surface area contributed by atoms with Crippen molar-refractivity contribution in [1.82, 2.24) is 4.90 Å². The molecule has 2 N–H and O–H groups in total. The van der Waals surface area contributed by atoms with E-state index >= 15 is 0 Å². The molecule has 1 fully saturated rings. The van der Waals surface area contributed by atoms with Crippen molar-refractivity contribution in [3.8, 4) is 0 Å². The largest absolute Gasteiger partial charge is 0.349 e. The number of piperidine rings is 1. The summed E-state index contributed by atoms with van der Waals surface area (Å²) >= 11 is 5.58. The Morgan fingerprint density at radius 3 is 2.45 bits per heavy atom. The van der Waals surface area contributed by atoms with Gasteiger partial charge in [0.05, 0.1) is 19.1 Å². The third-order valence-electron chi connectivity index (χ3n) is 5.12. The van der Waals surface area contributed by atoms with E-state index in [1.54, 1.807) is 4.90 Å². The molecule has 3 nitrogen and oxygen atoms in total. The van der Waals surface area contributed by atoms with Gasteiger partial charge in [0.15, 0.2) is 5.11 Å². The van der Waals surface area contributed by atoms with Crippen molar-refractivity contribution in [2.24, 2.45) is 0 Å². The van der Waals surface area contributed by atoms with Gasteiger partial charge in [-0.15, -0.1) is 0 Å². The van der Waals surface area contributed by atoms with Gasteiger partial charge in [0.2, 0.25) is 0 Å². The molecule has 1 saturated heterocycles. The second kappa shape index (κ2) is 7.93. The lowest BCUT2D eigenvalue weighted by atomic mass is 10.0. The fraction of sp³-hybridized carbons (Fsp3) is 0.611. The summed E-state index contributed by atoms with van der Waals surface area (Å²) in [4.78, 5) is 4.00. The normalized spacial score (nSPS) is 18.8. The van der Waals surface area contributed by atoms with Crippen LogP contribution in [0.3, 0.4) is 0 Å². The zero-order valence-electron chi connectivity index (χ0n) is 14.4. The van der Waals surface area contributed by atoms with Crippen molar-refractivity contribution in [2.45, 2.75) is 52.1 Å². The highest BCUT2D eigenvalue weighted by molar-refractivity contribution is 7.80. The predicted molar refractivity (Wildman–Crippen MR) is 98.6 cm³/mol. The van der Waals surface area contributed by atoms with Gasteiger partial charge in [-0.05, 0) is 44.6 Å². The van der Waals surface area contributed by atoms with Gasteiger partial charge >= 0.3 is 0 Å². The Hall–Kier alpha value is -1.13. The van der Waals surface area contributed by atoms with Gasteiger partial charge in [-0.3, -0.25) is 0 Å². The summed E-state index contributed by atoms with van der Waals surface area (Å²) in [6, 6.07) is 9.93. The molecule has 0 aromatic heterocycles. The number of thiocarbonyl (C=S) groups is 1. The van der Waals surface area contributed by atoms with Gasteiger partial charge < -0.3 is 15.1 Å². The molecule has 1 aliphatic heterocycles. The molecular weight excluding hydrogens is 290 g/mol. The number of rotatable bonds is 4. The Bertz CT molecular complexity index is 478. The van der Waals surface area contributed by atoms with E-state index in [9.17, 15) is 0 Å². The van der Waals surface area contributed by atoms with E-state index in [1.165, 1.54) is 24.8 Å². The van der Waals surface area contributed by atoms with Crippen LogP contribution in [0.1, 0.15) is 38.7 Å². The minimum atomic E-state index is 0.745. The Labute approximate surface area is 140 Å². The highest BCUT2D eigenvalue weighted by atomic mass is 32.1. The molecule has 1 heterocycles. The van der Waals surface area contributed by atoms with Crippen molar-refractivity contribution in [1.29, 1.82) is 0 Å². The highest BCUT2D eigenvalue weighted by Gasteiger charge is 2.28. The van der Waals surface area contributed by atoms with Crippen LogP contribution in [0.4, 0.5) is 5.69 Å². The Morgan fingerprint density at radius 1 is 1.32 bits per heavy atom. The molecule has 2 rings (SSSR count). The van der Waals surface area contributed by atoms with Gasteiger partial charge in [0.25, 0.3) is 0 Å². The van der Waals surface area contributed by atoms with Crippen LogP contribution in [0.15, 0.2) is 24.3 Å². The summed E-state index contributed by atoms with van der Waals surface area (Å²) in [6.07, 6.45) is 3.71. The molecule has 1 aromatic rings. The zero-order chi connectivity index (χ0) is 16.1. The number of quaternary nitrogens is 1. The van der Waals surface area contributed by atoms with Gasteiger partial charge in [-0.2, -0.15) is 0 Å². The molecular formula is C18H30N3S+. The molecule has 22 heavy (non-hydrogen) atoms. The number of aryl methyl sites for hydroxylation is 1. The van der Waals surface area contributed by atoms with Crippen LogP contribution in [0.25, 0.3) is 0 Å². The first-order valence-electron chi connectivity index (χ1n) is 8.47. The van der Waals surface area contributed by atoms with Crippen LogP contribution in [-0.4, -0.2) is 42.2 Å². The summed E-state index contributed by atoms with van der Waals surface area (Å²) < 4.78 is 0. The Morgan fingerprint density at radius 2 is 1.91 bits per heavy atom. The molecule has 2 unspecified atom stereocenters. The summed E-state index contributed by atoms with van der Waals surface area (Å²) in [7, 11) is 2.34. The summed E-state index contributed by atoms with van der Waals surface area (Å²) in [6.45, 7) is 8.87. The first-order chi connectivity index (χ1) is 10.5. The molecule has 1 aliphatic rings. The van der Waals surface area contributed by atoms with Gasteiger partial charge in [0.1, 0.15) is 0 Å². The molecule has 0 saturated carbocycles. The second-order valence-corrected chi connectivity index (χ2v) is 7.00. The van der Waals surface area contributed by atoms with Crippen LogP contribution in [-0.2, 0) is 0 Å². The quantitative estimate of drug-likeness (QED) is 0.832. The fourth-order valence-electron chi connectivity index (χ4n) is 3.10. The summed E-state index contributed by atoms with van der Waals surface area (Å²) in [5.74, 6) is 0. The standard InChI is InChI=1S/C18H29N3S/c1-5-15(3)20(4)17-10-12-21(13-11-17)18(22)19-16-8-6-14(2)7-9-16/h6-9,15,17H,5,10-13H2,1-4H3,(H,19,22)/p+1. The number of nitrogens with zero attached hydrogens (tertiary/aromatic N) is 1. The van der Waals surface area contributed by atoms with E-state index in [0.29, 0.717) is 0 Å². The van der Waals surface area contributed by atoms with E-state index in [1.807, 2.05) is 0 Å². The number of hydrogen-bond donors (Lipinski definition) is 2. The number of likely N-dealkylation sites (tertiary alicyclic amines) is 1. The predicted octanol–water partition coefficient (Wildman–Crippen LogP) is 2.47. The lowest BCUT2D eigenvalue weighted by molar-refractivity contribution is -0.930. The molecule has 0 radical (unpaired) electrons. The zero-order valence-corrected chi connectivity index (χ0v) is 15.2. The lowest BCUT2D eigenvalue weighted by Gasteiger charge is -2.37. The number of nitrogens with one attached hydrogen (secondary N) is 2. The van der Waals surface area contributed by atoms with Crippen LogP contribution in [0.2, 0.25) is 0 Å². The van der Waals surface area contributed by atoms with Crippen molar-refractivity contribution >= 4 is 23.0 Å². The minimum Gasteiger partial charge on any atom is -0.349 e. The van der Waals surface area contributed by atoms with E-state index in [-0.39, 0.29) is 0 Å². The van der Waals surface area contributed by atoms with E-state index in [2.05, 4.69) is 62.3 Å². The molecule has 0 bridgehead atoms. The number of benzene rings is 1. The average molecular weight is 321 g/mol. The number of hydrogen-bond acceptors (Lipinski definition) is 1. The molecule has 0 amide bonds. The second-order valence-electron chi connectivity index (χ2n) is 6.61. The monoisotopic (exact) mass is 320 g/mol. The van der Waals surface area contributed by atoms with Crippen molar-refractivity contribution in [3.05, 3.63) is 29.8 Å². The molecule has 1 aromatic carbocycles. The van der Waals surface area contributed by atoms with Crippen LogP contribution < -0.4 is 10.2 Å². The maximum Gasteiger partial charge on any atom is 0.173 e. The maximum absolute atomic E-state index is 5.58. The van der Waals surface area contributed by atoms with Crippen LogP contribution in [0.5, 0.6) is 0 Å².